The van der Waals surface area contributed by atoms with E-state index >= 15 is 0 Å². The van der Waals surface area contributed by atoms with E-state index in [0.717, 1.165) is 19.3 Å². The van der Waals surface area contributed by atoms with E-state index in [4.69, 9.17) is 0 Å². The predicted molar refractivity (Wildman–Crippen MR) is 111 cm³/mol. The van der Waals surface area contributed by atoms with Crippen molar-refractivity contribution in [1.82, 2.24) is 4.72 Å². The molecule has 148 valence electrons. The third kappa shape index (κ3) is 15.5. The highest BCUT2D eigenvalue weighted by atomic mass is 32.2. The van der Waals surface area contributed by atoms with Crippen molar-refractivity contribution in [1.29, 1.82) is 0 Å². The average molecular weight is 372 g/mol. The molecule has 0 spiro atoms. The fourth-order valence-electron chi connectivity index (χ4n) is 2.65. The minimum Gasteiger partial charge on any atom is -0.295 e. The van der Waals surface area contributed by atoms with Gasteiger partial charge in [-0.15, -0.1) is 0 Å². The zero-order valence-corrected chi connectivity index (χ0v) is 18.1. The van der Waals surface area contributed by atoms with Crippen LogP contribution in [0, 0.1) is 0 Å². The second-order valence-electron chi connectivity index (χ2n) is 8.06. The van der Waals surface area contributed by atoms with E-state index in [1.165, 1.54) is 51.4 Å². The summed E-state index contributed by atoms with van der Waals surface area (Å²) in [6, 6.07) is 0.181. The van der Waals surface area contributed by atoms with Gasteiger partial charge in [0.1, 0.15) is 0 Å². The van der Waals surface area contributed by atoms with Crippen LogP contribution in [-0.4, -0.2) is 20.8 Å². The lowest BCUT2D eigenvalue weighted by atomic mass is 10.0. The van der Waals surface area contributed by atoms with Gasteiger partial charge in [-0.2, -0.15) is 0 Å². The number of allylic oxidation sites excluding steroid dienone is 1. The van der Waals surface area contributed by atoms with Crippen molar-refractivity contribution in [2.75, 3.05) is 0 Å². The highest BCUT2D eigenvalue weighted by Crippen LogP contribution is 2.15. The van der Waals surface area contributed by atoms with E-state index in [-0.39, 0.29) is 16.6 Å². The summed E-state index contributed by atoms with van der Waals surface area (Å²) >= 11 is 0. The Balaban J connectivity index is 4.09. The molecule has 4 heteroatoms. The van der Waals surface area contributed by atoms with Crippen molar-refractivity contribution in [3.8, 4) is 0 Å². The van der Waals surface area contributed by atoms with Crippen molar-refractivity contribution in [2.45, 2.75) is 116 Å². The number of hydrogen-bond donors (Lipinski definition) is 1. The van der Waals surface area contributed by atoms with E-state index in [2.05, 4.69) is 11.6 Å². The van der Waals surface area contributed by atoms with Gasteiger partial charge in [0.15, 0.2) is 5.78 Å². The molecule has 25 heavy (non-hydrogen) atoms. The number of carbonyl (C=O) groups is 1. The number of hydrogen-bond acceptors (Lipinski definition) is 2. The summed E-state index contributed by atoms with van der Waals surface area (Å²) in [5.41, 5.74) is 0. The molecule has 3 nitrogen and oxygen atoms in total. The highest BCUT2D eigenvalue weighted by molar-refractivity contribution is 7.84. The Bertz CT molecular complexity index is 399. The van der Waals surface area contributed by atoms with Crippen LogP contribution in [0.5, 0.6) is 0 Å². The molecule has 1 N–H and O–H groups in total. The van der Waals surface area contributed by atoms with Crippen LogP contribution >= 0.6 is 0 Å². The zero-order valence-electron chi connectivity index (χ0n) is 17.2. The van der Waals surface area contributed by atoms with Crippen molar-refractivity contribution in [3.05, 3.63) is 12.2 Å². The number of ketones is 1. The Morgan fingerprint density at radius 3 is 2.00 bits per heavy atom. The quantitative estimate of drug-likeness (QED) is 0.289. The van der Waals surface area contributed by atoms with E-state index in [1.807, 2.05) is 26.8 Å². The second-order valence-corrected chi connectivity index (χ2v) is 10.1. The summed E-state index contributed by atoms with van der Waals surface area (Å²) in [4.78, 5) is 11.1. The third-order valence-electron chi connectivity index (χ3n) is 4.26. The molecular formula is C21H41NO2S. The maximum absolute atomic E-state index is 12.3. The molecule has 0 bridgehead atoms. The molecule has 0 unspecified atom stereocenters. The van der Waals surface area contributed by atoms with Crippen molar-refractivity contribution < 1.29 is 9.00 Å². The molecule has 0 saturated carbocycles. The smallest absolute Gasteiger partial charge is 0.152 e. The molecule has 0 aromatic carbocycles. The van der Waals surface area contributed by atoms with Crippen LogP contribution in [0.4, 0.5) is 0 Å². The maximum atomic E-state index is 12.3. The molecule has 0 heterocycles. The summed E-state index contributed by atoms with van der Waals surface area (Å²) in [5.74, 6) is 0.0683. The molecule has 0 fully saturated rings. The molecular weight excluding hydrogens is 330 g/mol. The number of unbranched alkanes of at least 4 members (excludes halogenated alkanes) is 8. The van der Waals surface area contributed by atoms with Gasteiger partial charge in [0.05, 0.1) is 15.7 Å². The lowest BCUT2D eigenvalue weighted by Crippen LogP contribution is -2.39. The Labute approximate surface area is 159 Å². The van der Waals surface area contributed by atoms with Crippen molar-refractivity contribution in [3.63, 3.8) is 0 Å². The summed E-state index contributed by atoms with van der Waals surface area (Å²) in [5, 5.41) is 0. The fourth-order valence-corrected chi connectivity index (χ4v) is 3.52. The molecule has 0 radical (unpaired) electrons. The first kappa shape index (κ1) is 24.5. The zero-order chi connectivity index (χ0) is 19.1. The first-order valence-electron chi connectivity index (χ1n) is 10.1. The minimum absolute atomic E-state index is 0.0683. The summed E-state index contributed by atoms with van der Waals surface area (Å²) in [6.07, 6.45) is 17.1. The van der Waals surface area contributed by atoms with Crippen molar-refractivity contribution in [2.24, 2.45) is 0 Å². The number of carbonyl (C=O) groups excluding carboxylic acids is 1. The van der Waals surface area contributed by atoms with Gasteiger partial charge >= 0.3 is 0 Å². The lowest BCUT2D eigenvalue weighted by Gasteiger charge is -2.23. The normalized spacial score (nSPS) is 14.8. The Hall–Kier alpha value is -0.480. The maximum Gasteiger partial charge on any atom is 0.152 e. The second kappa shape index (κ2) is 14.7. The fraction of sp³-hybridized carbons (Fsp3) is 0.857. The van der Waals surface area contributed by atoms with E-state index < -0.39 is 11.0 Å². The Morgan fingerprint density at radius 1 is 1.00 bits per heavy atom. The third-order valence-corrected chi connectivity index (χ3v) is 5.92. The minimum atomic E-state index is -1.06. The summed E-state index contributed by atoms with van der Waals surface area (Å²) in [6.45, 7) is 9.76. The number of nitrogens with one attached hydrogen (secondary N) is 1. The molecule has 0 rings (SSSR count). The Kier molecular flexibility index (Phi) is 14.4. The highest BCUT2D eigenvalue weighted by Gasteiger charge is 2.22. The van der Waals surface area contributed by atoms with Gasteiger partial charge in [0.25, 0.3) is 0 Å². The topological polar surface area (TPSA) is 46.2 Å². The SMILES string of the molecule is CCCCCCCCCCC[C@@H](C/C=C/C(C)=O)N[S@@](=O)C(C)(C)C. The van der Waals surface area contributed by atoms with Gasteiger partial charge in [-0.05, 0) is 46.6 Å². The lowest BCUT2D eigenvalue weighted by molar-refractivity contribution is -0.112. The Morgan fingerprint density at radius 2 is 1.52 bits per heavy atom. The van der Waals surface area contributed by atoms with Gasteiger partial charge < -0.3 is 0 Å². The summed E-state index contributed by atoms with van der Waals surface area (Å²) < 4.78 is 15.3. The monoisotopic (exact) mass is 371 g/mol. The van der Waals surface area contributed by atoms with Gasteiger partial charge in [-0.25, -0.2) is 8.93 Å². The standard InChI is InChI=1S/C21H41NO2S/c1-6-7-8-9-10-11-12-13-14-17-20(18-15-16-19(2)23)22-25(24)21(3,4)5/h15-16,20,22H,6-14,17-18H2,1-5H3/b16-15+/t20-,25-/m0/s1. The molecule has 2 atom stereocenters. The molecule has 0 aliphatic carbocycles. The molecule has 0 saturated heterocycles. The van der Waals surface area contributed by atoms with Crippen LogP contribution in [0.1, 0.15) is 105 Å². The van der Waals surface area contributed by atoms with Crippen molar-refractivity contribution >= 4 is 16.8 Å². The molecule has 0 aromatic rings. The van der Waals surface area contributed by atoms with Crippen LogP contribution < -0.4 is 4.72 Å². The van der Waals surface area contributed by atoms with E-state index in [1.54, 1.807) is 13.0 Å². The molecule has 0 aromatic heterocycles. The van der Waals surface area contributed by atoms with E-state index in [0.29, 0.717) is 0 Å². The predicted octanol–water partition coefficient (Wildman–Crippen LogP) is 5.86. The average Bonchev–Trinajstić information content (AvgIpc) is 2.51. The van der Waals surface area contributed by atoms with Gasteiger partial charge in [0, 0.05) is 6.04 Å². The molecule has 0 aliphatic rings. The van der Waals surface area contributed by atoms with Crippen LogP contribution in [0.3, 0.4) is 0 Å². The first-order chi connectivity index (χ1) is 11.8. The van der Waals surface area contributed by atoms with E-state index in [9.17, 15) is 9.00 Å². The van der Waals surface area contributed by atoms with Gasteiger partial charge in [-0.3, -0.25) is 4.79 Å². The van der Waals surface area contributed by atoms with Crippen LogP contribution in [0.15, 0.2) is 12.2 Å². The van der Waals surface area contributed by atoms with Crippen LogP contribution in [0.2, 0.25) is 0 Å². The first-order valence-corrected chi connectivity index (χ1v) is 11.3. The van der Waals surface area contributed by atoms with Gasteiger partial charge in [0.2, 0.25) is 0 Å². The summed E-state index contributed by atoms with van der Waals surface area (Å²) in [7, 11) is -1.06. The largest absolute Gasteiger partial charge is 0.295 e. The molecule has 0 amide bonds. The number of rotatable bonds is 15. The molecule has 0 aliphatic heterocycles. The van der Waals surface area contributed by atoms with Crippen LogP contribution in [0.25, 0.3) is 0 Å². The van der Waals surface area contributed by atoms with Gasteiger partial charge in [-0.1, -0.05) is 70.8 Å². The van der Waals surface area contributed by atoms with Crippen LogP contribution in [-0.2, 0) is 15.8 Å².